The number of hydrogen-bond donors (Lipinski definition) is 4. The smallest absolute Gasteiger partial charge is 0.340 e. The van der Waals surface area contributed by atoms with Gasteiger partial charge in [0.25, 0.3) is 0 Å². The second kappa shape index (κ2) is 6.73. The van der Waals surface area contributed by atoms with Crippen LogP contribution < -0.4 is 5.32 Å². The molecule has 15 heavy (non-hydrogen) atoms. The molecule has 0 fully saturated rings. The quantitative estimate of drug-likeness (QED) is 0.323. The normalized spacial score (nSPS) is 13.7. The topological polar surface area (TPSA) is 99.0 Å². The largest absolute Gasteiger partial charge is 0.407 e. The fourth-order valence-electron chi connectivity index (χ4n) is 1.17. The highest BCUT2D eigenvalue weighted by molar-refractivity contribution is 5.69. The number of carbonyl (C=O) groups is 1. The second-order valence-electron chi connectivity index (χ2n) is 3.21. The second-order valence-corrected chi connectivity index (χ2v) is 3.21. The number of nitrogens with one attached hydrogen (secondary N) is 1. The minimum absolute atomic E-state index is 0.0421. The van der Waals surface area contributed by atoms with Crippen LogP contribution in [0.5, 0.6) is 0 Å². The summed E-state index contributed by atoms with van der Waals surface area (Å²) in [5.74, 6) is -3.25. The summed E-state index contributed by atoms with van der Waals surface area (Å²) in [6.07, 6.45) is 0.599. The van der Waals surface area contributed by atoms with Crippen LogP contribution in [0, 0.1) is 0 Å². The maximum atomic E-state index is 11.1. The van der Waals surface area contributed by atoms with Crippen molar-refractivity contribution in [2.75, 3.05) is 13.7 Å². The van der Waals surface area contributed by atoms with Gasteiger partial charge in [-0.2, -0.15) is 0 Å². The Morgan fingerprint density at radius 1 is 1.53 bits per heavy atom. The van der Waals surface area contributed by atoms with Gasteiger partial charge in [-0.3, -0.25) is 4.79 Å². The number of ether oxygens (including phenoxy) is 1. The Labute approximate surface area is 88.9 Å². The molecule has 0 rings (SSSR count). The van der Waals surface area contributed by atoms with Gasteiger partial charge in [-0.15, -0.1) is 0 Å². The van der Waals surface area contributed by atoms with E-state index < -0.39 is 18.0 Å². The van der Waals surface area contributed by atoms with Gasteiger partial charge in [-0.25, -0.2) is 0 Å². The third-order valence-electron chi connectivity index (χ3n) is 2.01. The van der Waals surface area contributed by atoms with Crippen molar-refractivity contribution in [1.29, 1.82) is 0 Å². The molecule has 0 aliphatic heterocycles. The Balaban J connectivity index is 4.16. The summed E-state index contributed by atoms with van der Waals surface area (Å²) < 4.78 is 4.48. The fraction of sp³-hybridized carbons (Fsp3) is 0.889. The number of carbonyl (C=O) groups excluding carboxylic acids is 1. The summed E-state index contributed by atoms with van der Waals surface area (Å²) in [5, 5.41) is 30.0. The Kier molecular flexibility index (Phi) is 6.42. The molecule has 0 spiro atoms. The number of aliphatic hydroxyl groups excluding tert-OH is 1. The van der Waals surface area contributed by atoms with Crippen molar-refractivity contribution in [3.05, 3.63) is 0 Å². The maximum Gasteiger partial charge on any atom is 0.340 e. The number of hydrogen-bond acceptors (Lipinski definition) is 6. The van der Waals surface area contributed by atoms with Gasteiger partial charge in [0.15, 0.2) is 0 Å². The van der Waals surface area contributed by atoms with Crippen molar-refractivity contribution in [3.63, 3.8) is 0 Å². The number of esters is 1. The Bertz CT molecular complexity index is 191. The lowest BCUT2D eigenvalue weighted by atomic mass is 10.2. The summed E-state index contributed by atoms with van der Waals surface area (Å²) in [7, 11) is 1.54. The van der Waals surface area contributed by atoms with E-state index in [0.29, 0.717) is 6.42 Å². The molecule has 0 aliphatic rings. The van der Waals surface area contributed by atoms with E-state index >= 15 is 0 Å². The van der Waals surface area contributed by atoms with E-state index in [-0.39, 0.29) is 19.4 Å². The van der Waals surface area contributed by atoms with Crippen LogP contribution in [0.15, 0.2) is 0 Å². The minimum atomic E-state index is -2.50. The molecule has 0 aromatic rings. The highest BCUT2D eigenvalue weighted by Gasteiger charge is 2.36. The molecular formula is C9H19NO5. The molecule has 0 radical (unpaired) electrons. The van der Waals surface area contributed by atoms with E-state index in [1.54, 1.807) is 6.92 Å². The summed E-state index contributed by atoms with van der Waals surface area (Å²) in [6, 6.07) is -0.740. The molecule has 1 unspecified atom stereocenters. The van der Waals surface area contributed by atoms with Gasteiger partial charge in [-0.05, 0) is 19.9 Å². The lowest BCUT2D eigenvalue weighted by Gasteiger charge is -2.29. The lowest BCUT2D eigenvalue weighted by Crippen LogP contribution is -2.52. The van der Waals surface area contributed by atoms with Gasteiger partial charge >= 0.3 is 11.9 Å². The van der Waals surface area contributed by atoms with Crippen molar-refractivity contribution >= 4 is 5.97 Å². The third kappa shape index (κ3) is 5.08. The monoisotopic (exact) mass is 221 g/mol. The predicted octanol–water partition coefficient (Wildman–Crippen LogP) is -1.06. The Morgan fingerprint density at radius 3 is 2.53 bits per heavy atom. The molecule has 0 heterocycles. The van der Waals surface area contributed by atoms with Crippen molar-refractivity contribution in [1.82, 2.24) is 5.32 Å². The zero-order valence-corrected chi connectivity index (χ0v) is 9.06. The van der Waals surface area contributed by atoms with Crippen LogP contribution in [-0.4, -0.2) is 47.0 Å². The van der Waals surface area contributed by atoms with E-state index in [1.165, 1.54) is 7.05 Å². The van der Waals surface area contributed by atoms with Crippen molar-refractivity contribution in [3.8, 4) is 0 Å². The molecule has 0 aromatic carbocycles. The van der Waals surface area contributed by atoms with Crippen molar-refractivity contribution in [2.24, 2.45) is 0 Å². The molecule has 0 aromatic heterocycles. The highest BCUT2D eigenvalue weighted by atomic mass is 16.8. The summed E-state index contributed by atoms with van der Waals surface area (Å²) in [5.41, 5.74) is 0. The molecule has 1 atom stereocenters. The maximum absolute atomic E-state index is 11.1. The van der Waals surface area contributed by atoms with Crippen LogP contribution in [-0.2, 0) is 9.53 Å². The zero-order valence-electron chi connectivity index (χ0n) is 9.06. The molecule has 0 saturated heterocycles. The van der Waals surface area contributed by atoms with E-state index in [0.717, 1.165) is 0 Å². The van der Waals surface area contributed by atoms with Gasteiger partial charge in [0.2, 0.25) is 0 Å². The van der Waals surface area contributed by atoms with Gasteiger partial charge in [0, 0.05) is 13.0 Å². The SMILES string of the molecule is CCC(NC)C(O)(O)OC(=O)CCCO. The summed E-state index contributed by atoms with van der Waals surface area (Å²) in [4.78, 5) is 11.1. The Morgan fingerprint density at radius 2 is 2.13 bits per heavy atom. The van der Waals surface area contributed by atoms with Gasteiger partial charge in [-0.1, -0.05) is 6.92 Å². The summed E-state index contributed by atoms with van der Waals surface area (Å²) in [6.45, 7) is 1.59. The number of likely N-dealkylation sites (N-methyl/N-ethyl adjacent to an activating group) is 1. The van der Waals surface area contributed by atoms with Crippen LogP contribution in [0.3, 0.4) is 0 Å². The number of aliphatic hydroxyl groups is 3. The van der Waals surface area contributed by atoms with Gasteiger partial charge in [0.1, 0.15) is 6.04 Å². The van der Waals surface area contributed by atoms with E-state index in [4.69, 9.17) is 5.11 Å². The van der Waals surface area contributed by atoms with Crippen LogP contribution >= 0.6 is 0 Å². The molecule has 0 aliphatic carbocycles. The zero-order chi connectivity index (χ0) is 11.9. The van der Waals surface area contributed by atoms with Crippen LogP contribution in [0.4, 0.5) is 0 Å². The molecule has 0 bridgehead atoms. The Hall–Kier alpha value is -0.690. The van der Waals surface area contributed by atoms with Crippen molar-refractivity contribution < 1.29 is 24.9 Å². The molecule has 90 valence electrons. The van der Waals surface area contributed by atoms with Crippen molar-refractivity contribution in [2.45, 2.75) is 38.2 Å². The molecule has 6 nitrogen and oxygen atoms in total. The molecule has 0 saturated carbocycles. The van der Waals surface area contributed by atoms with E-state index in [9.17, 15) is 15.0 Å². The molecule has 0 amide bonds. The first kappa shape index (κ1) is 14.3. The highest BCUT2D eigenvalue weighted by Crippen LogP contribution is 2.13. The van der Waals surface area contributed by atoms with Crippen LogP contribution in [0.1, 0.15) is 26.2 Å². The first-order valence-corrected chi connectivity index (χ1v) is 4.92. The molecular weight excluding hydrogens is 202 g/mol. The first-order valence-electron chi connectivity index (χ1n) is 4.92. The first-order chi connectivity index (χ1) is 6.97. The molecule has 4 N–H and O–H groups in total. The average Bonchev–Trinajstić information content (AvgIpc) is 2.15. The third-order valence-corrected chi connectivity index (χ3v) is 2.01. The van der Waals surface area contributed by atoms with E-state index in [1.807, 2.05) is 0 Å². The molecule has 6 heteroatoms. The van der Waals surface area contributed by atoms with E-state index in [2.05, 4.69) is 10.1 Å². The van der Waals surface area contributed by atoms with Crippen LogP contribution in [0.25, 0.3) is 0 Å². The van der Waals surface area contributed by atoms with Crippen LogP contribution in [0.2, 0.25) is 0 Å². The number of rotatable bonds is 7. The standard InChI is InChI=1S/C9H19NO5/c1-3-7(10-2)9(13,14)15-8(12)5-4-6-11/h7,10-11,13-14H,3-6H2,1-2H3. The minimum Gasteiger partial charge on any atom is -0.407 e. The lowest BCUT2D eigenvalue weighted by molar-refractivity contribution is -0.333. The summed E-state index contributed by atoms with van der Waals surface area (Å²) >= 11 is 0. The van der Waals surface area contributed by atoms with Gasteiger partial charge < -0.3 is 25.4 Å². The van der Waals surface area contributed by atoms with Gasteiger partial charge in [0.05, 0.1) is 0 Å². The average molecular weight is 221 g/mol. The predicted molar refractivity (Wildman–Crippen MR) is 52.7 cm³/mol. The fourth-order valence-corrected chi connectivity index (χ4v) is 1.17.